The lowest BCUT2D eigenvalue weighted by Gasteiger charge is -2.19. The molecule has 264 valence electrons. The zero-order valence-corrected chi connectivity index (χ0v) is 29.7. The lowest BCUT2D eigenvalue weighted by molar-refractivity contribution is 0.173. The molecule has 1 aliphatic heterocycles. The smallest absolute Gasteiger partial charge is 0.180 e. The molecule has 1 saturated heterocycles. The lowest BCUT2D eigenvalue weighted by atomic mass is 9.93. The summed E-state index contributed by atoms with van der Waals surface area (Å²) in [4.78, 5) is 10.6. The van der Waals surface area contributed by atoms with Crippen molar-refractivity contribution in [3.05, 3.63) is 124 Å². The number of hydrogen-bond acceptors (Lipinski definition) is 10. The van der Waals surface area contributed by atoms with Gasteiger partial charge in [-0.2, -0.15) is 5.26 Å². The molecule has 51 heavy (non-hydrogen) atoms. The number of halogens is 1. The Balaban J connectivity index is 1.15. The standard InChI is InChI=1S/C40H42ClN5O5/c1-27-31(6-3-7-35(27)36-8-4-9-38(28(36)2)49-13-5-11-46-12-10-34(47)22-46)24-51-40-16-39(50-23-30-14-29(17-42)18-43-19-30)32(15-37(40)41)20-44-21-33-25-48-26-45-33/h3-4,6-9,14-16,18-19,25-26,34,44,47H,5,10-13,20-24H2,1-2H3. The summed E-state index contributed by atoms with van der Waals surface area (Å²) in [6, 6.07) is 19.9. The number of rotatable bonds is 16. The van der Waals surface area contributed by atoms with Gasteiger partial charge < -0.3 is 34.0 Å². The second kappa shape index (κ2) is 17.3. The third kappa shape index (κ3) is 9.45. The van der Waals surface area contributed by atoms with Crippen molar-refractivity contribution in [3.8, 4) is 34.4 Å². The molecule has 2 aromatic heterocycles. The van der Waals surface area contributed by atoms with Crippen LogP contribution >= 0.6 is 11.6 Å². The SMILES string of the molecule is Cc1c(COc2cc(OCc3cncc(C#N)c3)c(CNCc3cocn3)cc2Cl)cccc1-c1cccc(OCCCN2CCC(O)C2)c1C. The van der Waals surface area contributed by atoms with Crippen LogP contribution in [0.2, 0.25) is 5.02 Å². The first-order valence-electron chi connectivity index (χ1n) is 17.1. The molecule has 0 aliphatic carbocycles. The molecule has 6 rings (SSSR count). The van der Waals surface area contributed by atoms with E-state index in [1.807, 2.05) is 30.3 Å². The van der Waals surface area contributed by atoms with Gasteiger partial charge in [-0.25, -0.2) is 4.98 Å². The van der Waals surface area contributed by atoms with E-state index in [4.69, 9.17) is 30.2 Å². The molecule has 5 aromatic rings. The highest BCUT2D eigenvalue weighted by atomic mass is 35.5. The van der Waals surface area contributed by atoms with Crippen LogP contribution in [-0.4, -0.2) is 52.3 Å². The van der Waals surface area contributed by atoms with Gasteiger partial charge in [-0.05, 0) is 72.7 Å². The zero-order valence-electron chi connectivity index (χ0n) is 28.9. The summed E-state index contributed by atoms with van der Waals surface area (Å²) in [6.45, 7) is 8.93. The highest BCUT2D eigenvalue weighted by Gasteiger charge is 2.20. The van der Waals surface area contributed by atoms with Crippen LogP contribution in [0.3, 0.4) is 0 Å². The van der Waals surface area contributed by atoms with Crippen molar-refractivity contribution < 1.29 is 23.7 Å². The monoisotopic (exact) mass is 707 g/mol. The van der Waals surface area contributed by atoms with E-state index in [1.54, 1.807) is 18.5 Å². The molecule has 0 radical (unpaired) electrons. The molecule has 1 atom stereocenters. The van der Waals surface area contributed by atoms with Crippen LogP contribution in [0.15, 0.2) is 84.1 Å². The number of nitrogens with zero attached hydrogens (tertiary/aromatic N) is 4. The fourth-order valence-electron chi connectivity index (χ4n) is 6.23. The van der Waals surface area contributed by atoms with E-state index < -0.39 is 0 Å². The molecule has 10 nitrogen and oxygen atoms in total. The van der Waals surface area contributed by atoms with Crippen LogP contribution in [0.5, 0.6) is 17.2 Å². The summed E-state index contributed by atoms with van der Waals surface area (Å²) < 4.78 is 23.9. The summed E-state index contributed by atoms with van der Waals surface area (Å²) in [5, 5.41) is 22.9. The van der Waals surface area contributed by atoms with Gasteiger partial charge in [0, 0.05) is 62.3 Å². The third-order valence-corrected chi connectivity index (χ3v) is 9.36. The maximum Gasteiger partial charge on any atom is 0.180 e. The summed E-state index contributed by atoms with van der Waals surface area (Å²) in [5.41, 5.74) is 8.31. The fourth-order valence-corrected chi connectivity index (χ4v) is 6.47. The molecular weight excluding hydrogens is 666 g/mol. The molecule has 1 unspecified atom stereocenters. The van der Waals surface area contributed by atoms with Gasteiger partial charge in [-0.1, -0.05) is 41.9 Å². The number of likely N-dealkylation sites (tertiary alicyclic amines) is 1. The Morgan fingerprint density at radius 1 is 0.961 bits per heavy atom. The first-order valence-corrected chi connectivity index (χ1v) is 17.5. The summed E-state index contributed by atoms with van der Waals surface area (Å²) in [6.07, 6.45) is 7.74. The van der Waals surface area contributed by atoms with Crippen molar-refractivity contribution >= 4 is 11.6 Å². The van der Waals surface area contributed by atoms with Crippen LogP contribution in [-0.2, 0) is 26.3 Å². The lowest BCUT2D eigenvalue weighted by Crippen LogP contribution is -2.24. The minimum absolute atomic E-state index is 0.203. The molecule has 0 saturated carbocycles. The Morgan fingerprint density at radius 3 is 2.57 bits per heavy atom. The van der Waals surface area contributed by atoms with Crippen LogP contribution in [0.25, 0.3) is 11.1 Å². The van der Waals surface area contributed by atoms with Crippen molar-refractivity contribution in [2.24, 2.45) is 0 Å². The van der Waals surface area contributed by atoms with E-state index >= 15 is 0 Å². The summed E-state index contributed by atoms with van der Waals surface area (Å²) in [7, 11) is 0. The van der Waals surface area contributed by atoms with E-state index in [9.17, 15) is 10.4 Å². The number of oxazole rings is 1. The normalized spacial score (nSPS) is 14.4. The van der Waals surface area contributed by atoms with E-state index in [0.717, 1.165) is 82.9 Å². The largest absolute Gasteiger partial charge is 0.493 e. The number of nitriles is 1. The van der Waals surface area contributed by atoms with Gasteiger partial charge >= 0.3 is 0 Å². The molecule has 2 N–H and O–H groups in total. The van der Waals surface area contributed by atoms with Gasteiger partial charge in [0.05, 0.1) is 29.0 Å². The second-order valence-electron chi connectivity index (χ2n) is 12.7. The first kappa shape index (κ1) is 35.9. The molecule has 1 fully saturated rings. The molecule has 3 aromatic carbocycles. The first-order chi connectivity index (χ1) is 24.9. The molecule has 0 amide bonds. The molecule has 11 heteroatoms. The Bertz CT molecular complexity index is 1960. The van der Waals surface area contributed by atoms with Gasteiger partial charge in [-0.3, -0.25) is 4.98 Å². The number of aliphatic hydroxyl groups is 1. The van der Waals surface area contributed by atoms with Crippen molar-refractivity contribution in [1.82, 2.24) is 20.2 Å². The summed E-state index contributed by atoms with van der Waals surface area (Å²) in [5.74, 6) is 1.97. The third-order valence-electron chi connectivity index (χ3n) is 9.07. The molecular formula is C40H42ClN5O5. The minimum Gasteiger partial charge on any atom is -0.493 e. The Hall–Kier alpha value is -4.92. The van der Waals surface area contributed by atoms with Crippen molar-refractivity contribution in [2.75, 3.05) is 26.2 Å². The Morgan fingerprint density at radius 2 is 1.78 bits per heavy atom. The number of ether oxygens (including phenoxy) is 3. The van der Waals surface area contributed by atoms with E-state index in [-0.39, 0.29) is 12.7 Å². The van der Waals surface area contributed by atoms with Crippen LogP contribution in [0.1, 0.15) is 51.9 Å². The average Bonchev–Trinajstić information content (AvgIpc) is 3.82. The van der Waals surface area contributed by atoms with E-state index in [1.165, 1.54) is 12.6 Å². The summed E-state index contributed by atoms with van der Waals surface area (Å²) >= 11 is 6.79. The van der Waals surface area contributed by atoms with Crippen LogP contribution < -0.4 is 19.5 Å². The second-order valence-corrected chi connectivity index (χ2v) is 13.1. The Labute approximate surface area is 303 Å². The predicted molar refractivity (Wildman–Crippen MR) is 195 cm³/mol. The number of nitrogens with one attached hydrogen (secondary N) is 1. The van der Waals surface area contributed by atoms with Crippen molar-refractivity contribution in [3.63, 3.8) is 0 Å². The average molecular weight is 708 g/mol. The number of aliphatic hydroxyl groups excluding tert-OH is 1. The van der Waals surface area contributed by atoms with E-state index in [0.29, 0.717) is 48.4 Å². The number of aromatic nitrogens is 2. The molecule has 0 bridgehead atoms. The highest BCUT2D eigenvalue weighted by molar-refractivity contribution is 6.32. The molecule has 1 aliphatic rings. The highest BCUT2D eigenvalue weighted by Crippen LogP contribution is 2.36. The fraction of sp³-hybridized carbons (Fsp3) is 0.325. The van der Waals surface area contributed by atoms with Gasteiger partial charge in [0.2, 0.25) is 0 Å². The number of β-amino-alcohol motifs (C(OH)–C–C–N with tert-alkyl or cyclic N) is 1. The van der Waals surface area contributed by atoms with Crippen LogP contribution in [0, 0.1) is 25.2 Å². The van der Waals surface area contributed by atoms with Gasteiger partial charge in [-0.15, -0.1) is 0 Å². The Kier molecular flexibility index (Phi) is 12.2. The van der Waals surface area contributed by atoms with Crippen molar-refractivity contribution in [1.29, 1.82) is 5.26 Å². The number of benzene rings is 3. The van der Waals surface area contributed by atoms with Gasteiger partial charge in [0.25, 0.3) is 0 Å². The minimum atomic E-state index is -0.203. The number of pyridine rings is 1. The van der Waals surface area contributed by atoms with E-state index in [2.05, 4.69) is 58.3 Å². The predicted octanol–water partition coefficient (Wildman–Crippen LogP) is 7.16. The topological polar surface area (TPSA) is 126 Å². The van der Waals surface area contributed by atoms with Gasteiger partial charge in [0.1, 0.15) is 42.8 Å². The van der Waals surface area contributed by atoms with Gasteiger partial charge in [0.15, 0.2) is 6.39 Å². The number of hydrogen-bond donors (Lipinski definition) is 2. The molecule has 3 heterocycles. The maximum absolute atomic E-state index is 9.79. The zero-order chi connectivity index (χ0) is 35.6. The molecule has 0 spiro atoms. The maximum atomic E-state index is 9.79. The quantitative estimate of drug-likeness (QED) is 0.102. The van der Waals surface area contributed by atoms with Crippen LogP contribution in [0.4, 0.5) is 0 Å². The van der Waals surface area contributed by atoms with Crippen molar-refractivity contribution in [2.45, 2.75) is 59.1 Å².